The molecule has 0 bridgehead atoms. The molecule has 0 aromatic carbocycles. The predicted octanol–water partition coefficient (Wildman–Crippen LogP) is 0.819. The van der Waals surface area contributed by atoms with E-state index in [1.54, 1.807) is 14.0 Å². The van der Waals surface area contributed by atoms with Gasteiger partial charge in [0.25, 0.3) is 0 Å². The van der Waals surface area contributed by atoms with E-state index in [2.05, 4.69) is 5.32 Å². The topological polar surface area (TPSA) is 29.1 Å². The Morgan fingerprint density at radius 1 is 1.50 bits per heavy atom. The summed E-state index contributed by atoms with van der Waals surface area (Å²) in [6.07, 6.45) is 0.861. The molecule has 0 aliphatic rings. The Balaban J connectivity index is 0. The standard InChI is InChI=1S/C4H9NO.C2H6/c1-4(3-6)5-2;1-2/h3-5H,1-2H3;1-2H3/t4-;/m1./s1. The molecular weight excluding hydrogens is 102 g/mol. The first kappa shape index (κ1) is 10.6. The van der Waals surface area contributed by atoms with E-state index in [9.17, 15) is 4.79 Å². The van der Waals surface area contributed by atoms with Gasteiger partial charge in [-0.3, -0.25) is 0 Å². The van der Waals surface area contributed by atoms with Gasteiger partial charge in [-0.15, -0.1) is 0 Å². The molecular formula is C6H15NO. The third kappa shape index (κ3) is 9.16. The number of hydrogen-bond donors (Lipinski definition) is 1. The Bertz CT molecular complexity index is 45.8. The van der Waals surface area contributed by atoms with Crippen molar-refractivity contribution in [1.82, 2.24) is 5.32 Å². The summed E-state index contributed by atoms with van der Waals surface area (Å²) < 4.78 is 0. The van der Waals surface area contributed by atoms with Crippen LogP contribution in [0.1, 0.15) is 20.8 Å². The Morgan fingerprint density at radius 2 is 1.88 bits per heavy atom. The van der Waals surface area contributed by atoms with Crippen LogP contribution in [0, 0.1) is 0 Å². The van der Waals surface area contributed by atoms with E-state index >= 15 is 0 Å². The number of rotatable bonds is 2. The van der Waals surface area contributed by atoms with Crippen LogP contribution in [0.5, 0.6) is 0 Å². The average Bonchev–Trinajstić information content (AvgIpc) is 1.91. The van der Waals surface area contributed by atoms with E-state index in [1.165, 1.54) is 0 Å². The van der Waals surface area contributed by atoms with Crippen molar-refractivity contribution in [3.63, 3.8) is 0 Å². The SMILES string of the molecule is CC.CN[C@H](C)C=O. The molecule has 0 saturated heterocycles. The maximum absolute atomic E-state index is 9.67. The highest BCUT2D eigenvalue weighted by molar-refractivity contribution is 5.56. The summed E-state index contributed by atoms with van der Waals surface area (Å²) in [5.41, 5.74) is 0. The molecule has 0 aliphatic carbocycles. The maximum atomic E-state index is 9.67. The molecule has 0 amide bonds. The highest BCUT2D eigenvalue weighted by atomic mass is 16.1. The van der Waals surface area contributed by atoms with Gasteiger partial charge in [0.05, 0.1) is 6.04 Å². The van der Waals surface area contributed by atoms with Crippen LogP contribution in [-0.2, 0) is 4.79 Å². The van der Waals surface area contributed by atoms with Crippen molar-refractivity contribution in [3.05, 3.63) is 0 Å². The lowest BCUT2D eigenvalue weighted by atomic mass is 10.4. The number of hydrogen-bond acceptors (Lipinski definition) is 2. The Labute approximate surface area is 51.3 Å². The lowest BCUT2D eigenvalue weighted by Gasteiger charge is -1.94. The summed E-state index contributed by atoms with van der Waals surface area (Å²) in [4.78, 5) is 9.67. The molecule has 0 aromatic rings. The van der Waals surface area contributed by atoms with Crippen molar-refractivity contribution in [2.45, 2.75) is 26.8 Å². The minimum Gasteiger partial charge on any atom is -0.311 e. The van der Waals surface area contributed by atoms with E-state index in [4.69, 9.17) is 0 Å². The Hall–Kier alpha value is -0.370. The monoisotopic (exact) mass is 117 g/mol. The minimum absolute atomic E-state index is 0.00463. The van der Waals surface area contributed by atoms with Gasteiger partial charge in [-0.2, -0.15) is 0 Å². The molecule has 2 heteroatoms. The predicted molar refractivity (Wildman–Crippen MR) is 35.9 cm³/mol. The Kier molecular flexibility index (Phi) is 13.0. The highest BCUT2D eigenvalue weighted by Crippen LogP contribution is 1.64. The smallest absolute Gasteiger partial charge is 0.136 e. The van der Waals surface area contributed by atoms with Gasteiger partial charge in [0.1, 0.15) is 6.29 Å². The highest BCUT2D eigenvalue weighted by Gasteiger charge is 1.86. The maximum Gasteiger partial charge on any atom is 0.136 e. The van der Waals surface area contributed by atoms with Crippen molar-refractivity contribution in [1.29, 1.82) is 0 Å². The second-order valence-corrected chi connectivity index (χ2v) is 1.21. The number of carbonyl (C=O) groups excluding carboxylic acids is 1. The quantitative estimate of drug-likeness (QED) is 0.542. The summed E-state index contributed by atoms with van der Waals surface area (Å²) in [6, 6.07) is 0.00463. The van der Waals surface area contributed by atoms with Gasteiger partial charge >= 0.3 is 0 Å². The zero-order valence-electron chi connectivity index (χ0n) is 6.06. The summed E-state index contributed by atoms with van der Waals surface area (Å²) in [5, 5.41) is 2.75. The first-order valence-corrected chi connectivity index (χ1v) is 2.94. The number of nitrogens with one attached hydrogen (secondary N) is 1. The van der Waals surface area contributed by atoms with E-state index in [1.807, 2.05) is 13.8 Å². The van der Waals surface area contributed by atoms with Crippen LogP contribution in [0.25, 0.3) is 0 Å². The van der Waals surface area contributed by atoms with Gasteiger partial charge in [-0.05, 0) is 14.0 Å². The second-order valence-electron chi connectivity index (χ2n) is 1.21. The molecule has 0 radical (unpaired) electrons. The fourth-order valence-corrected chi connectivity index (χ4v) is 0.0680. The van der Waals surface area contributed by atoms with Crippen molar-refractivity contribution in [2.24, 2.45) is 0 Å². The summed E-state index contributed by atoms with van der Waals surface area (Å²) in [6.45, 7) is 5.80. The van der Waals surface area contributed by atoms with E-state index in [-0.39, 0.29) is 6.04 Å². The van der Waals surface area contributed by atoms with Crippen LogP contribution in [0.15, 0.2) is 0 Å². The van der Waals surface area contributed by atoms with Gasteiger partial charge in [0, 0.05) is 0 Å². The van der Waals surface area contributed by atoms with Crippen molar-refractivity contribution in [2.75, 3.05) is 7.05 Å². The zero-order valence-corrected chi connectivity index (χ0v) is 6.06. The van der Waals surface area contributed by atoms with Crippen molar-refractivity contribution in [3.8, 4) is 0 Å². The molecule has 0 saturated carbocycles. The molecule has 0 spiro atoms. The first-order valence-electron chi connectivity index (χ1n) is 2.94. The Morgan fingerprint density at radius 3 is 1.88 bits per heavy atom. The molecule has 2 nitrogen and oxygen atoms in total. The number of carbonyl (C=O) groups is 1. The van der Waals surface area contributed by atoms with Crippen LogP contribution < -0.4 is 5.32 Å². The molecule has 8 heavy (non-hydrogen) atoms. The third-order valence-electron chi connectivity index (χ3n) is 0.659. The lowest BCUT2D eigenvalue weighted by molar-refractivity contribution is -0.109. The molecule has 0 rings (SSSR count). The molecule has 0 heterocycles. The van der Waals surface area contributed by atoms with Crippen LogP contribution in [0.2, 0.25) is 0 Å². The molecule has 50 valence electrons. The number of likely N-dealkylation sites (N-methyl/N-ethyl adjacent to an activating group) is 1. The lowest BCUT2D eigenvalue weighted by Crippen LogP contribution is -2.21. The van der Waals surface area contributed by atoms with Crippen LogP contribution in [-0.4, -0.2) is 19.4 Å². The molecule has 0 fully saturated rings. The summed E-state index contributed by atoms with van der Waals surface area (Å²) in [7, 11) is 1.75. The summed E-state index contributed by atoms with van der Waals surface area (Å²) in [5.74, 6) is 0. The third-order valence-corrected chi connectivity index (χ3v) is 0.659. The van der Waals surface area contributed by atoms with Crippen LogP contribution in [0.3, 0.4) is 0 Å². The second kappa shape index (κ2) is 9.80. The van der Waals surface area contributed by atoms with Crippen molar-refractivity contribution >= 4 is 6.29 Å². The van der Waals surface area contributed by atoms with Gasteiger partial charge in [-0.1, -0.05) is 13.8 Å². The molecule has 1 N–H and O–H groups in total. The average molecular weight is 117 g/mol. The molecule has 1 atom stereocenters. The first-order chi connectivity index (χ1) is 3.81. The van der Waals surface area contributed by atoms with Gasteiger partial charge in [0.15, 0.2) is 0 Å². The fraction of sp³-hybridized carbons (Fsp3) is 0.833. The van der Waals surface area contributed by atoms with E-state index in [0.717, 1.165) is 6.29 Å². The van der Waals surface area contributed by atoms with Gasteiger partial charge in [-0.25, -0.2) is 0 Å². The van der Waals surface area contributed by atoms with Gasteiger partial charge < -0.3 is 10.1 Å². The van der Waals surface area contributed by atoms with E-state index < -0.39 is 0 Å². The van der Waals surface area contributed by atoms with Crippen molar-refractivity contribution < 1.29 is 4.79 Å². The largest absolute Gasteiger partial charge is 0.311 e. The minimum atomic E-state index is 0.00463. The van der Waals surface area contributed by atoms with Crippen LogP contribution in [0.4, 0.5) is 0 Å². The zero-order chi connectivity index (χ0) is 6.99. The molecule has 0 unspecified atom stereocenters. The number of aldehydes is 1. The summed E-state index contributed by atoms with van der Waals surface area (Å²) >= 11 is 0. The normalized spacial score (nSPS) is 11.0. The molecule has 0 aromatic heterocycles. The molecule has 0 aliphatic heterocycles. The fourth-order valence-electron chi connectivity index (χ4n) is 0.0680. The van der Waals surface area contributed by atoms with E-state index in [0.29, 0.717) is 0 Å². The van der Waals surface area contributed by atoms with Gasteiger partial charge in [0.2, 0.25) is 0 Å². The van der Waals surface area contributed by atoms with Crippen LogP contribution >= 0.6 is 0 Å².